The maximum Gasteiger partial charge on any atom is 0.330 e. The first-order chi connectivity index (χ1) is 7.52. The zero-order valence-electron chi connectivity index (χ0n) is 10.2. The Morgan fingerprint density at radius 2 is 1.88 bits per heavy atom. The minimum absolute atomic E-state index is 0. The standard InChI is InChI=1S/C8H10N4OS.C2H6.H2/c1-4-9-5-6(10-4)11(2)8(13)12(3)7(5)14;1-2;/h1-3H3,(H,9,10);1-2H3;1H. The molecule has 90 valence electrons. The Kier molecular flexibility index (Phi) is 3.64. The molecule has 16 heavy (non-hydrogen) atoms. The first-order valence-corrected chi connectivity index (χ1v) is 5.55. The third kappa shape index (κ3) is 1.80. The number of aromatic amines is 1. The van der Waals surface area contributed by atoms with E-state index in [1.807, 2.05) is 20.8 Å². The molecule has 0 saturated heterocycles. The maximum atomic E-state index is 11.6. The first-order valence-electron chi connectivity index (χ1n) is 5.14. The highest BCUT2D eigenvalue weighted by Crippen LogP contribution is 2.08. The van der Waals surface area contributed by atoms with Gasteiger partial charge in [0.25, 0.3) is 0 Å². The van der Waals surface area contributed by atoms with E-state index in [1.165, 1.54) is 9.13 Å². The van der Waals surface area contributed by atoms with Crippen LogP contribution in [0.25, 0.3) is 11.2 Å². The van der Waals surface area contributed by atoms with Gasteiger partial charge in [0, 0.05) is 15.5 Å². The normalized spacial score (nSPS) is 10.1. The highest BCUT2D eigenvalue weighted by molar-refractivity contribution is 7.71. The van der Waals surface area contributed by atoms with Gasteiger partial charge >= 0.3 is 5.69 Å². The van der Waals surface area contributed by atoms with Crippen molar-refractivity contribution >= 4 is 23.4 Å². The summed E-state index contributed by atoms with van der Waals surface area (Å²) in [5, 5.41) is 0. The molecule has 2 aromatic rings. The lowest BCUT2D eigenvalue weighted by atomic mass is 10.5. The van der Waals surface area contributed by atoms with Gasteiger partial charge in [0.2, 0.25) is 0 Å². The van der Waals surface area contributed by atoms with Gasteiger partial charge in [-0.25, -0.2) is 9.78 Å². The zero-order valence-corrected chi connectivity index (χ0v) is 11.0. The van der Waals surface area contributed by atoms with Crippen molar-refractivity contribution in [2.75, 3.05) is 0 Å². The summed E-state index contributed by atoms with van der Waals surface area (Å²) < 4.78 is 3.40. The largest absolute Gasteiger partial charge is 0.338 e. The molecule has 0 spiro atoms. The first kappa shape index (κ1) is 12.6. The van der Waals surface area contributed by atoms with Gasteiger partial charge in [0.1, 0.15) is 16.0 Å². The van der Waals surface area contributed by atoms with Crippen molar-refractivity contribution in [3.05, 3.63) is 20.9 Å². The van der Waals surface area contributed by atoms with Crippen LogP contribution >= 0.6 is 12.2 Å². The molecule has 2 heterocycles. The molecule has 0 fully saturated rings. The van der Waals surface area contributed by atoms with Crippen molar-refractivity contribution < 1.29 is 1.43 Å². The molecule has 1 N–H and O–H groups in total. The maximum absolute atomic E-state index is 11.6. The molecular formula is C10H18N4OS. The van der Waals surface area contributed by atoms with E-state index < -0.39 is 0 Å². The van der Waals surface area contributed by atoms with Crippen LogP contribution in [0.4, 0.5) is 0 Å². The molecule has 5 nitrogen and oxygen atoms in total. The van der Waals surface area contributed by atoms with Crippen LogP contribution in [-0.4, -0.2) is 19.1 Å². The summed E-state index contributed by atoms with van der Waals surface area (Å²) >= 11 is 5.13. The molecule has 0 atom stereocenters. The second-order valence-electron chi connectivity index (χ2n) is 3.23. The van der Waals surface area contributed by atoms with Crippen LogP contribution in [0.15, 0.2) is 4.79 Å². The molecule has 0 unspecified atom stereocenters. The SMILES string of the molecule is CC.Cc1nc2c([nH]1)c(=S)n(C)c(=O)n2C.[HH]. The Morgan fingerprint density at radius 3 is 2.44 bits per heavy atom. The van der Waals surface area contributed by atoms with Crippen molar-refractivity contribution in [2.24, 2.45) is 14.1 Å². The van der Waals surface area contributed by atoms with E-state index in [-0.39, 0.29) is 7.12 Å². The number of aryl methyl sites for hydroxylation is 2. The lowest BCUT2D eigenvalue weighted by Gasteiger charge is -2.02. The van der Waals surface area contributed by atoms with Gasteiger partial charge in [-0.15, -0.1) is 0 Å². The van der Waals surface area contributed by atoms with Crippen LogP contribution in [0.3, 0.4) is 0 Å². The van der Waals surface area contributed by atoms with Gasteiger partial charge in [-0.2, -0.15) is 0 Å². The summed E-state index contributed by atoms with van der Waals surface area (Å²) in [6.45, 7) is 5.83. The Hall–Kier alpha value is -1.43. The minimum Gasteiger partial charge on any atom is -0.338 e. The molecule has 0 saturated carbocycles. The topological polar surface area (TPSA) is 55.6 Å². The highest BCUT2D eigenvalue weighted by Gasteiger charge is 2.08. The van der Waals surface area contributed by atoms with Crippen molar-refractivity contribution in [1.29, 1.82) is 0 Å². The summed E-state index contributed by atoms with van der Waals surface area (Å²) in [6.07, 6.45) is 0. The number of imidazole rings is 1. The predicted octanol–water partition coefficient (Wildman–Crippen LogP) is 1.91. The van der Waals surface area contributed by atoms with E-state index in [1.54, 1.807) is 14.1 Å². The van der Waals surface area contributed by atoms with E-state index in [2.05, 4.69) is 9.97 Å². The third-order valence-electron chi connectivity index (χ3n) is 2.21. The molecule has 2 aromatic heterocycles. The second kappa shape index (κ2) is 4.61. The Bertz CT molecular complexity index is 625. The van der Waals surface area contributed by atoms with Gasteiger partial charge in [0.15, 0.2) is 5.65 Å². The average molecular weight is 242 g/mol. The molecular weight excluding hydrogens is 224 g/mol. The van der Waals surface area contributed by atoms with Crippen molar-refractivity contribution in [3.63, 3.8) is 0 Å². The molecule has 0 aliphatic carbocycles. The molecule has 0 amide bonds. The third-order valence-corrected chi connectivity index (χ3v) is 2.69. The number of rotatable bonds is 0. The molecule has 6 heteroatoms. The van der Waals surface area contributed by atoms with Gasteiger partial charge in [-0.3, -0.25) is 9.13 Å². The van der Waals surface area contributed by atoms with E-state index >= 15 is 0 Å². The second-order valence-corrected chi connectivity index (χ2v) is 3.61. The molecule has 0 bridgehead atoms. The van der Waals surface area contributed by atoms with Crippen LogP contribution in [0.5, 0.6) is 0 Å². The number of fused-ring (bicyclic) bond motifs is 1. The minimum atomic E-state index is -0.158. The number of nitrogens with one attached hydrogen (secondary N) is 1. The fourth-order valence-corrected chi connectivity index (χ4v) is 1.66. The molecule has 2 rings (SSSR count). The van der Waals surface area contributed by atoms with Gasteiger partial charge in [-0.05, 0) is 6.92 Å². The number of hydrogen-bond acceptors (Lipinski definition) is 3. The zero-order chi connectivity index (χ0) is 12.5. The number of aromatic nitrogens is 4. The van der Waals surface area contributed by atoms with Crippen molar-refractivity contribution in [3.8, 4) is 0 Å². The lowest BCUT2D eigenvalue weighted by Crippen LogP contribution is -2.27. The fourth-order valence-electron chi connectivity index (χ4n) is 1.44. The molecule has 0 radical (unpaired) electrons. The van der Waals surface area contributed by atoms with E-state index in [0.29, 0.717) is 10.3 Å². The van der Waals surface area contributed by atoms with E-state index in [4.69, 9.17) is 12.2 Å². The fraction of sp³-hybridized carbons (Fsp3) is 0.500. The van der Waals surface area contributed by atoms with Crippen molar-refractivity contribution in [2.45, 2.75) is 20.8 Å². The monoisotopic (exact) mass is 242 g/mol. The Morgan fingerprint density at radius 1 is 1.31 bits per heavy atom. The summed E-state index contributed by atoms with van der Waals surface area (Å²) in [4.78, 5) is 18.9. The van der Waals surface area contributed by atoms with E-state index in [9.17, 15) is 4.79 Å². The summed E-state index contributed by atoms with van der Waals surface area (Å²) in [7, 11) is 3.33. The lowest BCUT2D eigenvalue weighted by molar-refractivity contribution is 0.721. The number of nitrogens with zero attached hydrogens (tertiary/aromatic N) is 3. The Labute approximate surface area is 100 Å². The van der Waals surface area contributed by atoms with Crippen molar-refractivity contribution in [1.82, 2.24) is 19.1 Å². The Balaban J connectivity index is 0.000000811. The van der Waals surface area contributed by atoms with Crippen LogP contribution in [-0.2, 0) is 14.1 Å². The van der Waals surface area contributed by atoms with Crippen LogP contribution in [0, 0.1) is 11.6 Å². The molecule has 0 aliphatic rings. The van der Waals surface area contributed by atoms with Gasteiger partial charge < -0.3 is 4.98 Å². The summed E-state index contributed by atoms with van der Waals surface area (Å²) in [5.41, 5.74) is 1.19. The van der Waals surface area contributed by atoms with Gasteiger partial charge in [-0.1, -0.05) is 26.1 Å². The predicted molar refractivity (Wildman–Crippen MR) is 69.3 cm³/mol. The smallest absolute Gasteiger partial charge is 0.330 e. The quantitative estimate of drug-likeness (QED) is 0.718. The average Bonchev–Trinajstić information content (AvgIpc) is 2.68. The van der Waals surface area contributed by atoms with E-state index in [0.717, 1.165) is 11.3 Å². The van der Waals surface area contributed by atoms with Crippen LogP contribution < -0.4 is 5.69 Å². The number of hydrogen-bond donors (Lipinski definition) is 1. The van der Waals surface area contributed by atoms with Crippen LogP contribution in [0.1, 0.15) is 21.1 Å². The molecule has 0 aromatic carbocycles. The summed E-state index contributed by atoms with van der Waals surface area (Å²) in [6, 6.07) is 0. The van der Waals surface area contributed by atoms with Crippen LogP contribution in [0.2, 0.25) is 0 Å². The molecule has 0 aliphatic heterocycles. The number of H-pyrrole nitrogens is 1. The highest BCUT2D eigenvalue weighted by atomic mass is 32.1. The van der Waals surface area contributed by atoms with Gasteiger partial charge in [0.05, 0.1) is 0 Å². The summed E-state index contributed by atoms with van der Waals surface area (Å²) in [5.74, 6) is 0.757.